The third kappa shape index (κ3) is 2.47. The summed E-state index contributed by atoms with van der Waals surface area (Å²) in [6.07, 6.45) is 1.55. The Kier molecular flexibility index (Phi) is 3.59. The number of hydrogen-bond donors (Lipinski definition) is 1. The molecule has 0 aliphatic rings. The lowest BCUT2D eigenvalue weighted by atomic mass is 10.4. The van der Waals surface area contributed by atoms with E-state index in [2.05, 4.69) is 16.9 Å². The molecule has 2 rings (SSSR count). The van der Waals surface area contributed by atoms with E-state index in [0.717, 1.165) is 0 Å². The molecule has 0 bridgehead atoms. The van der Waals surface area contributed by atoms with Crippen LogP contribution in [0.15, 0.2) is 46.8 Å². The quantitative estimate of drug-likeness (QED) is 0.864. The number of halogens is 1. The first-order valence-electron chi connectivity index (χ1n) is 5.27. The lowest BCUT2D eigenvalue weighted by Gasteiger charge is -2.03. The Labute approximate surface area is 115 Å². The third-order valence-corrected chi connectivity index (χ3v) is 4.37. The van der Waals surface area contributed by atoms with Crippen molar-refractivity contribution >= 4 is 27.3 Å². The molecule has 0 fully saturated rings. The fraction of sp³-hybridized carbons (Fsp3) is 0.0909. The number of nitrogens with zero attached hydrogens (tertiary/aromatic N) is 3. The van der Waals surface area contributed by atoms with Crippen molar-refractivity contribution in [3.05, 3.63) is 41.9 Å². The zero-order chi connectivity index (χ0) is 14.0. The third-order valence-electron chi connectivity index (χ3n) is 2.42. The molecule has 1 heterocycles. The number of nitrogen functional groups attached to an aromatic ring is 1. The highest BCUT2D eigenvalue weighted by atomic mass is 35.5. The van der Waals surface area contributed by atoms with Crippen molar-refractivity contribution < 1.29 is 8.42 Å². The minimum atomic E-state index is -3.80. The van der Waals surface area contributed by atoms with Crippen molar-refractivity contribution in [2.45, 2.75) is 16.5 Å². The number of anilines is 1. The summed E-state index contributed by atoms with van der Waals surface area (Å²) < 4.78 is 25.9. The average molecular weight is 299 g/mol. The molecule has 2 aromatic rings. The number of benzene rings is 1. The lowest BCUT2D eigenvalue weighted by Crippen LogP contribution is -2.08. The molecule has 19 heavy (non-hydrogen) atoms. The van der Waals surface area contributed by atoms with E-state index in [1.807, 2.05) is 0 Å². The molecule has 100 valence electrons. The highest BCUT2D eigenvalue weighted by Gasteiger charge is 2.25. The second-order valence-electron chi connectivity index (χ2n) is 3.71. The van der Waals surface area contributed by atoms with Gasteiger partial charge >= 0.3 is 0 Å². The summed E-state index contributed by atoms with van der Waals surface area (Å²) in [4.78, 5) is 0.0641. The van der Waals surface area contributed by atoms with Gasteiger partial charge in [0.25, 0.3) is 0 Å². The van der Waals surface area contributed by atoms with Crippen LogP contribution in [0.4, 0.5) is 5.82 Å². The summed E-state index contributed by atoms with van der Waals surface area (Å²) in [5.74, 6) is -0.0187. The Bertz CT molecular complexity index is 707. The smallest absolute Gasteiger partial charge is 0.229 e. The maximum atomic E-state index is 12.3. The summed E-state index contributed by atoms with van der Waals surface area (Å²) >= 11 is 5.72. The van der Waals surface area contributed by atoms with E-state index < -0.39 is 9.84 Å². The van der Waals surface area contributed by atoms with Gasteiger partial charge in [0.15, 0.2) is 5.82 Å². The van der Waals surface area contributed by atoms with Gasteiger partial charge in [-0.2, -0.15) is 0 Å². The van der Waals surface area contributed by atoms with E-state index in [4.69, 9.17) is 17.3 Å². The summed E-state index contributed by atoms with van der Waals surface area (Å²) in [7, 11) is -3.80. The molecule has 8 heteroatoms. The molecule has 0 aliphatic carbocycles. The second kappa shape index (κ2) is 5.02. The topological polar surface area (TPSA) is 90.9 Å². The van der Waals surface area contributed by atoms with Crippen molar-refractivity contribution in [2.24, 2.45) is 0 Å². The van der Waals surface area contributed by atoms with Crippen LogP contribution in [0.3, 0.4) is 0 Å². The number of allylic oxidation sites excluding steroid dienone is 1. The summed E-state index contributed by atoms with van der Waals surface area (Å²) in [6, 6.07) is 5.75. The molecule has 0 aliphatic heterocycles. The van der Waals surface area contributed by atoms with Gasteiger partial charge in [0.1, 0.15) is 0 Å². The predicted molar refractivity (Wildman–Crippen MR) is 71.5 cm³/mol. The van der Waals surface area contributed by atoms with Crippen LogP contribution < -0.4 is 5.73 Å². The molecule has 0 unspecified atom stereocenters. The van der Waals surface area contributed by atoms with E-state index in [0.29, 0.717) is 5.02 Å². The molecule has 2 N–H and O–H groups in total. The van der Waals surface area contributed by atoms with Gasteiger partial charge in [0.2, 0.25) is 14.9 Å². The van der Waals surface area contributed by atoms with Crippen LogP contribution in [-0.4, -0.2) is 23.4 Å². The first kappa shape index (κ1) is 13.6. The van der Waals surface area contributed by atoms with Crippen LogP contribution in [0.1, 0.15) is 0 Å². The van der Waals surface area contributed by atoms with E-state index in [1.54, 1.807) is 6.08 Å². The van der Waals surface area contributed by atoms with Gasteiger partial charge in [-0.15, -0.1) is 11.7 Å². The van der Waals surface area contributed by atoms with Gasteiger partial charge in [-0.25, -0.2) is 13.1 Å². The maximum absolute atomic E-state index is 12.3. The van der Waals surface area contributed by atoms with Gasteiger partial charge in [-0.1, -0.05) is 22.9 Å². The molecule has 1 aromatic heterocycles. The Morgan fingerprint density at radius 1 is 1.37 bits per heavy atom. The fourth-order valence-electron chi connectivity index (χ4n) is 1.48. The number of hydrogen-bond acceptors (Lipinski definition) is 5. The molecule has 0 saturated carbocycles. The van der Waals surface area contributed by atoms with Crippen LogP contribution in [0.25, 0.3) is 0 Å². The van der Waals surface area contributed by atoms with Gasteiger partial charge in [0.05, 0.1) is 11.4 Å². The molecular weight excluding hydrogens is 288 g/mol. The molecule has 1 aromatic carbocycles. The van der Waals surface area contributed by atoms with Crippen molar-refractivity contribution in [3.63, 3.8) is 0 Å². The van der Waals surface area contributed by atoms with Gasteiger partial charge in [-0.3, -0.25) is 0 Å². The molecule has 0 saturated heterocycles. The predicted octanol–water partition coefficient (Wildman–Crippen LogP) is 1.53. The molecular formula is C11H11ClN4O2S. The molecule has 0 spiro atoms. The van der Waals surface area contributed by atoms with Crippen molar-refractivity contribution in [1.29, 1.82) is 0 Å². The highest BCUT2D eigenvalue weighted by Crippen LogP contribution is 2.24. The lowest BCUT2D eigenvalue weighted by molar-refractivity contribution is 0.592. The van der Waals surface area contributed by atoms with Gasteiger partial charge in [-0.05, 0) is 24.3 Å². The minimum absolute atomic E-state index is 0.0187. The Balaban J connectivity index is 2.51. The van der Waals surface area contributed by atoms with Gasteiger partial charge in [0, 0.05) is 5.02 Å². The summed E-state index contributed by atoms with van der Waals surface area (Å²) in [6.45, 7) is 3.81. The number of sulfone groups is 1. The Hall–Kier alpha value is -1.86. The molecule has 0 amide bonds. The zero-order valence-electron chi connectivity index (χ0n) is 9.82. The normalized spacial score (nSPS) is 11.4. The number of nitrogens with two attached hydrogens (primary N) is 1. The largest absolute Gasteiger partial charge is 0.381 e. The van der Waals surface area contributed by atoms with Crippen LogP contribution in [0.5, 0.6) is 0 Å². The maximum Gasteiger partial charge on any atom is 0.229 e. The monoisotopic (exact) mass is 298 g/mol. The van der Waals surface area contributed by atoms with Crippen LogP contribution >= 0.6 is 11.6 Å². The minimum Gasteiger partial charge on any atom is -0.381 e. The Morgan fingerprint density at radius 3 is 2.58 bits per heavy atom. The standard InChI is InChI=1S/C11H11ClN4O2S/c1-2-7-16-10(13)11(14-15-16)19(17,18)9-5-3-8(12)4-6-9/h2-6H,1,7,13H2. The number of rotatable bonds is 4. The average Bonchev–Trinajstić information content (AvgIpc) is 2.73. The molecule has 0 atom stereocenters. The molecule has 0 radical (unpaired) electrons. The highest BCUT2D eigenvalue weighted by molar-refractivity contribution is 7.91. The van der Waals surface area contributed by atoms with Crippen LogP contribution in [0.2, 0.25) is 5.02 Å². The molecule has 6 nitrogen and oxygen atoms in total. The number of aromatic nitrogens is 3. The van der Waals surface area contributed by atoms with Crippen molar-refractivity contribution in [2.75, 3.05) is 5.73 Å². The van der Waals surface area contributed by atoms with Gasteiger partial charge < -0.3 is 5.73 Å². The zero-order valence-corrected chi connectivity index (χ0v) is 11.4. The van der Waals surface area contributed by atoms with E-state index in [-0.39, 0.29) is 22.3 Å². The summed E-state index contributed by atoms with van der Waals surface area (Å²) in [5, 5.41) is 7.48. The van der Waals surface area contributed by atoms with E-state index in [1.165, 1.54) is 28.9 Å². The van der Waals surface area contributed by atoms with Crippen LogP contribution in [0, 0.1) is 0 Å². The second-order valence-corrected chi connectivity index (χ2v) is 6.01. The van der Waals surface area contributed by atoms with E-state index in [9.17, 15) is 8.42 Å². The first-order chi connectivity index (χ1) is 8.96. The first-order valence-corrected chi connectivity index (χ1v) is 7.13. The van der Waals surface area contributed by atoms with Crippen molar-refractivity contribution in [1.82, 2.24) is 15.0 Å². The van der Waals surface area contributed by atoms with Crippen molar-refractivity contribution in [3.8, 4) is 0 Å². The fourth-order valence-corrected chi connectivity index (χ4v) is 2.85. The van der Waals surface area contributed by atoms with Crippen LogP contribution in [-0.2, 0) is 16.4 Å². The Morgan fingerprint density at radius 2 is 2.00 bits per heavy atom. The summed E-state index contributed by atoms with van der Waals surface area (Å²) in [5.41, 5.74) is 5.73. The SMILES string of the molecule is C=CCn1nnc(S(=O)(=O)c2ccc(Cl)cc2)c1N. The van der Waals surface area contributed by atoms with E-state index >= 15 is 0 Å².